The summed E-state index contributed by atoms with van der Waals surface area (Å²) in [5.41, 5.74) is -0.397. The maximum Gasteiger partial charge on any atom is 0.411 e. The van der Waals surface area contributed by atoms with Gasteiger partial charge in [-0.05, 0) is 52.4 Å². The second-order valence-corrected chi connectivity index (χ2v) is 10.5. The van der Waals surface area contributed by atoms with E-state index in [1.165, 1.54) is 4.90 Å². The van der Waals surface area contributed by atoms with Crippen LogP contribution >= 0.6 is 15.9 Å². The number of hydrogen-bond donors (Lipinski definition) is 0. The third-order valence-corrected chi connectivity index (χ3v) is 7.84. The maximum atomic E-state index is 13.2. The van der Waals surface area contributed by atoms with Gasteiger partial charge in [-0.2, -0.15) is 0 Å². The monoisotopic (exact) mass is 471 g/mol. The predicted molar refractivity (Wildman–Crippen MR) is 109 cm³/mol. The minimum atomic E-state index is -0.843. The Hall–Kier alpha value is -1.51. The summed E-state index contributed by atoms with van der Waals surface area (Å²) in [5.74, 6) is -0.475. The van der Waals surface area contributed by atoms with E-state index in [0.29, 0.717) is 18.5 Å². The van der Waals surface area contributed by atoms with Crippen LogP contribution in [0, 0.1) is 5.41 Å². The molecule has 29 heavy (non-hydrogen) atoms. The molecule has 2 atom stereocenters. The molecular weight excluding hydrogens is 442 g/mol. The molecule has 3 saturated carbocycles. The molecule has 9 heteroatoms. The van der Waals surface area contributed by atoms with Crippen molar-refractivity contribution in [2.24, 2.45) is 5.41 Å². The lowest BCUT2D eigenvalue weighted by molar-refractivity contribution is -0.184. The molecule has 0 N–H and O–H groups in total. The van der Waals surface area contributed by atoms with Crippen molar-refractivity contribution in [2.75, 3.05) is 31.6 Å². The summed E-state index contributed by atoms with van der Waals surface area (Å²) in [7, 11) is 0. The lowest BCUT2D eigenvalue weighted by Crippen LogP contribution is -2.75. The first-order valence-corrected chi connectivity index (χ1v) is 11.5. The van der Waals surface area contributed by atoms with E-state index < -0.39 is 29.7 Å². The number of urea groups is 1. The summed E-state index contributed by atoms with van der Waals surface area (Å²) < 4.78 is 10.8. The molecule has 5 fully saturated rings. The van der Waals surface area contributed by atoms with E-state index in [9.17, 15) is 14.4 Å². The normalized spacial score (nSPS) is 35.6. The van der Waals surface area contributed by atoms with E-state index in [1.807, 2.05) is 4.90 Å². The Labute approximate surface area is 180 Å². The molecule has 5 aliphatic rings. The van der Waals surface area contributed by atoms with Crippen molar-refractivity contribution in [1.29, 1.82) is 0 Å². The zero-order valence-electron chi connectivity index (χ0n) is 17.6. The van der Waals surface area contributed by atoms with E-state index in [0.717, 1.165) is 24.6 Å². The summed E-state index contributed by atoms with van der Waals surface area (Å²) in [5, 5.41) is 0.967. The molecule has 3 amide bonds. The molecular formula is C20H30BrN3O5. The number of fused-ring (bicyclic) bond motifs is 1. The molecule has 0 unspecified atom stereocenters. The van der Waals surface area contributed by atoms with Crippen molar-refractivity contribution in [2.45, 2.75) is 70.2 Å². The SMILES string of the molecule is CCOC(=O)[C@@H]1[C@H]2CN(C34CC(CBr)(C3)C4)C(=O)N2CCN1C(=O)OC(C)(C)C. The van der Waals surface area contributed by atoms with Gasteiger partial charge in [0.2, 0.25) is 0 Å². The van der Waals surface area contributed by atoms with Crippen LogP contribution in [0.25, 0.3) is 0 Å². The van der Waals surface area contributed by atoms with E-state index >= 15 is 0 Å². The number of carbonyl (C=O) groups excluding carboxylic acids is 3. The van der Waals surface area contributed by atoms with Crippen LogP contribution in [0.4, 0.5) is 9.59 Å². The molecule has 0 aromatic heterocycles. The summed E-state index contributed by atoms with van der Waals surface area (Å²) in [4.78, 5) is 44.0. The third-order valence-electron chi connectivity index (χ3n) is 6.65. The predicted octanol–water partition coefficient (Wildman–Crippen LogP) is 2.59. The first-order valence-electron chi connectivity index (χ1n) is 10.4. The lowest BCUT2D eigenvalue weighted by atomic mass is 9.39. The summed E-state index contributed by atoms with van der Waals surface area (Å²) in [6, 6.07) is -1.27. The van der Waals surface area contributed by atoms with Crippen molar-refractivity contribution >= 4 is 34.0 Å². The average Bonchev–Trinajstić information content (AvgIpc) is 2.88. The number of esters is 1. The van der Waals surface area contributed by atoms with Crippen molar-refractivity contribution < 1.29 is 23.9 Å². The van der Waals surface area contributed by atoms with Crippen molar-refractivity contribution in [3.8, 4) is 0 Å². The fourth-order valence-electron chi connectivity index (χ4n) is 5.56. The van der Waals surface area contributed by atoms with Crippen molar-refractivity contribution in [1.82, 2.24) is 14.7 Å². The highest BCUT2D eigenvalue weighted by Gasteiger charge is 2.72. The number of alkyl halides is 1. The number of halogens is 1. The van der Waals surface area contributed by atoms with Crippen LogP contribution in [0.15, 0.2) is 0 Å². The van der Waals surface area contributed by atoms with Gasteiger partial charge in [-0.15, -0.1) is 0 Å². The highest BCUT2D eigenvalue weighted by Crippen LogP contribution is 2.71. The van der Waals surface area contributed by atoms with Gasteiger partial charge < -0.3 is 19.3 Å². The summed E-state index contributed by atoms with van der Waals surface area (Å²) in [6.45, 7) is 8.45. The molecule has 0 aromatic carbocycles. The van der Waals surface area contributed by atoms with Gasteiger partial charge >= 0.3 is 18.1 Å². The van der Waals surface area contributed by atoms with Gasteiger partial charge in [0.05, 0.1) is 12.6 Å². The van der Waals surface area contributed by atoms with E-state index in [1.54, 1.807) is 32.6 Å². The Morgan fingerprint density at radius 3 is 2.41 bits per heavy atom. The second-order valence-electron chi connectivity index (χ2n) is 9.91. The van der Waals surface area contributed by atoms with Gasteiger partial charge in [0.1, 0.15) is 5.60 Å². The maximum absolute atomic E-state index is 13.2. The quantitative estimate of drug-likeness (QED) is 0.464. The van der Waals surface area contributed by atoms with Gasteiger partial charge in [-0.25, -0.2) is 14.4 Å². The van der Waals surface area contributed by atoms with Crippen LogP contribution < -0.4 is 0 Å². The minimum absolute atomic E-state index is 0.0176. The van der Waals surface area contributed by atoms with Crippen molar-refractivity contribution in [3.05, 3.63) is 0 Å². The number of rotatable bonds is 4. The average molecular weight is 472 g/mol. The van der Waals surface area contributed by atoms with Crippen LogP contribution in [0.2, 0.25) is 0 Å². The van der Waals surface area contributed by atoms with Crippen LogP contribution in [-0.2, 0) is 14.3 Å². The molecule has 5 rings (SSSR count). The molecule has 0 aromatic rings. The van der Waals surface area contributed by atoms with Crippen molar-refractivity contribution in [3.63, 3.8) is 0 Å². The van der Waals surface area contributed by atoms with Gasteiger partial charge in [-0.3, -0.25) is 4.90 Å². The third kappa shape index (κ3) is 3.20. The number of carbonyl (C=O) groups is 3. The Kier molecular flexibility index (Phi) is 4.83. The number of hydrogen-bond acceptors (Lipinski definition) is 5. The number of nitrogens with zero attached hydrogens (tertiary/aromatic N) is 3. The molecule has 2 heterocycles. The fourth-order valence-corrected chi connectivity index (χ4v) is 6.15. The van der Waals surface area contributed by atoms with Gasteiger partial charge in [0, 0.05) is 30.5 Å². The van der Waals surface area contributed by atoms with E-state index in [2.05, 4.69) is 15.9 Å². The standard InChI is InChI=1S/C20H30BrN3O5/c1-5-28-15(25)14-13-8-24(20-9-19(10-20,11-20)12-21)16(26)22(13)6-7-23(14)17(27)29-18(2,3)4/h13-14H,5-12H2,1-4H3/t13-,14+,19?,20?/m1/s1. The van der Waals surface area contributed by atoms with Gasteiger partial charge in [0.15, 0.2) is 6.04 Å². The molecule has 2 saturated heterocycles. The molecule has 0 spiro atoms. The second kappa shape index (κ2) is 6.75. The highest BCUT2D eigenvalue weighted by molar-refractivity contribution is 9.09. The first kappa shape index (κ1) is 20.8. The molecule has 162 valence electrons. The Balaban J connectivity index is 1.56. The summed E-state index contributed by atoms with van der Waals surface area (Å²) in [6.07, 6.45) is 2.50. The molecule has 0 radical (unpaired) electrons. The largest absolute Gasteiger partial charge is 0.464 e. The molecule has 2 aliphatic heterocycles. The van der Waals surface area contributed by atoms with Gasteiger partial charge in [-0.1, -0.05) is 15.9 Å². The highest BCUT2D eigenvalue weighted by atomic mass is 79.9. The van der Waals surface area contributed by atoms with Crippen LogP contribution in [0.1, 0.15) is 47.0 Å². The zero-order chi connectivity index (χ0) is 21.2. The topological polar surface area (TPSA) is 79.4 Å². The Bertz CT molecular complexity index is 716. The van der Waals surface area contributed by atoms with Crippen LogP contribution in [0.5, 0.6) is 0 Å². The van der Waals surface area contributed by atoms with Crippen LogP contribution in [-0.4, -0.2) is 87.6 Å². The lowest BCUT2D eigenvalue weighted by Gasteiger charge is -2.73. The Morgan fingerprint density at radius 1 is 1.21 bits per heavy atom. The number of amides is 3. The zero-order valence-corrected chi connectivity index (χ0v) is 19.2. The molecule has 2 bridgehead atoms. The smallest absolute Gasteiger partial charge is 0.411 e. The van der Waals surface area contributed by atoms with Gasteiger partial charge in [0.25, 0.3) is 0 Å². The number of ether oxygens (including phenoxy) is 2. The van der Waals surface area contributed by atoms with E-state index in [-0.39, 0.29) is 24.7 Å². The molecule has 8 nitrogen and oxygen atoms in total. The fraction of sp³-hybridized carbons (Fsp3) is 0.850. The number of piperazine rings is 1. The first-order chi connectivity index (χ1) is 13.5. The minimum Gasteiger partial charge on any atom is -0.464 e. The van der Waals surface area contributed by atoms with Crippen LogP contribution in [0.3, 0.4) is 0 Å². The van der Waals surface area contributed by atoms with E-state index in [4.69, 9.17) is 9.47 Å². The summed E-state index contributed by atoms with van der Waals surface area (Å²) >= 11 is 3.59. The molecule has 3 aliphatic carbocycles. The Morgan fingerprint density at radius 2 is 1.86 bits per heavy atom.